The maximum atomic E-state index is 12.7. The number of rotatable bonds is 3. The summed E-state index contributed by atoms with van der Waals surface area (Å²) in [6.07, 6.45) is -6.15. The van der Waals surface area contributed by atoms with Crippen molar-refractivity contribution in [3.63, 3.8) is 0 Å². The van der Waals surface area contributed by atoms with Gasteiger partial charge in [0, 0.05) is 11.9 Å². The minimum absolute atomic E-state index is 0.0279. The number of carbonyl (C=O) groups excluding carboxylic acids is 1. The lowest BCUT2D eigenvalue weighted by Crippen LogP contribution is -2.24. The predicted molar refractivity (Wildman–Crippen MR) is 76.3 cm³/mol. The van der Waals surface area contributed by atoms with Crippen molar-refractivity contribution in [2.45, 2.75) is 12.4 Å². The van der Waals surface area contributed by atoms with Crippen LogP contribution in [0.15, 0.2) is 47.2 Å². The molecule has 10 heteroatoms. The van der Waals surface area contributed by atoms with E-state index in [4.69, 9.17) is 4.42 Å². The third-order valence-electron chi connectivity index (χ3n) is 2.85. The molecule has 2 rings (SSSR count). The lowest BCUT2D eigenvalue weighted by atomic mass is 10.1. The van der Waals surface area contributed by atoms with Crippen LogP contribution in [0.1, 0.15) is 16.9 Å². The second-order valence-electron chi connectivity index (χ2n) is 4.74. The first-order valence-corrected chi connectivity index (χ1v) is 6.63. The van der Waals surface area contributed by atoms with Crippen molar-refractivity contribution in [3.05, 3.63) is 59.7 Å². The molecule has 0 aliphatic heterocycles. The third kappa shape index (κ3) is 5.30. The van der Waals surface area contributed by atoms with Gasteiger partial charge in [0.05, 0.1) is 17.4 Å². The first-order chi connectivity index (χ1) is 11.6. The number of anilines is 1. The number of nitrogens with one attached hydrogen (secondary N) is 2. The van der Waals surface area contributed by atoms with Crippen LogP contribution in [0, 0.1) is 0 Å². The molecule has 0 aliphatic carbocycles. The molecule has 0 saturated carbocycles. The van der Waals surface area contributed by atoms with Gasteiger partial charge in [0.2, 0.25) is 0 Å². The number of alkyl halides is 6. The molecule has 0 atom stereocenters. The second-order valence-corrected chi connectivity index (χ2v) is 4.74. The quantitative estimate of drug-likeness (QED) is 0.744. The lowest BCUT2D eigenvalue weighted by Gasteiger charge is -2.14. The summed E-state index contributed by atoms with van der Waals surface area (Å²) in [6, 6.07) is 2.92. The molecule has 2 N–H and O–H groups in total. The zero-order valence-corrected chi connectivity index (χ0v) is 12.2. The number of halogens is 6. The summed E-state index contributed by atoms with van der Waals surface area (Å²) in [5.74, 6) is 0.388. The van der Waals surface area contributed by atoms with E-state index in [1.807, 2.05) is 5.32 Å². The summed E-state index contributed by atoms with van der Waals surface area (Å²) in [5.41, 5.74) is -3.70. The van der Waals surface area contributed by atoms with E-state index < -0.39 is 35.2 Å². The van der Waals surface area contributed by atoms with Gasteiger partial charge in [-0.15, -0.1) is 0 Å². The van der Waals surface area contributed by atoms with E-state index >= 15 is 0 Å². The van der Waals surface area contributed by atoms with Gasteiger partial charge in [0.1, 0.15) is 5.76 Å². The average molecular weight is 364 g/mol. The Morgan fingerprint density at radius 1 is 1.00 bits per heavy atom. The highest BCUT2D eigenvalue weighted by atomic mass is 19.4. The summed E-state index contributed by atoms with van der Waals surface area (Å²) in [4.78, 5) is 11.6. The van der Waals surface area contributed by atoms with E-state index in [1.165, 1.54) is 12.3 Å². The fraction of sp³-hybridized carbons (Fsp3) is 0.133. The monoisotopic (exact) mass is 364 g/mol. The van der Waals surface area contributed by atoms with E-state index in [0.29, 0.717) is 17.9 Å². The van der Waals surface area contributed by atoms with Crippen LogP contribution in [0.3, 0.4) is 0 Å². The number of amides is 2. The zero-order chi connectivity index (χ0) is 18.7. The molecule has 4 nitrogen and oxygen atoms in total. The van der Waals surface area contributed by atoms with Crippen molar-refractivity contribution >= 4 is 17.8 Å². The van der Waals surface area contributed by atoms with Crippen LogP contribution in [0.5, 0.6) is 0 Å². The van der Waals surface area contributed by atoms with E-state index in [-0.39, 0.29) is 6.07 Å². The van der Waals surface area contributed by atoms with E-state index in [2.05, 4.69) is 5.32 Å². The van der Waals surface area contributed by atoms with Crippen molar-refractivity contribution in [3.8, 4) is 0 Å². The average Bonchev–Trinajstić information content (AvgIpc) is 2.98. The van der Waals surface area contributed by atoms with E-state index in [0.717, 1.165) is 6.20 Å². The first-order valence-electron chi connectivity index (χ1n) is 6.63. The number of hydrogen-bond donors (Lipinski definition) is 2. The van der Waals surface area contributed by atoms with Crippen molar-refractivity contribution in [1.82, 2.24) is 5.32 Å². The van der Waals surface area contributed by atoms with Crippen LogP contribution in [0.2, 0.25) is 0 Å². The van der Waals surface area contributed by atoms with Crippen molar-refractivity contribution in [2.24, 2.45) is 0 Å². The van der Waals surface area contributed by atoms with E-state index in [1.54, 1.807) is 12.1 Å². The Hall–Kier alpha value is -2.91. The summed E-state index contributed by atoms with van der Waals surface area (Å²) < 4.78 is 81.2. The van der Waals surface area contributed by atoms with Crippen LogP contribution < -0.4 is 10.6 Å². The largest absolute Gasteiger partial charge is 0.465 e. The molecule has 0 bridgehead atoms. The normalized spacial score (nSPS) is 12.4. The third-order valence-corrected chi connectivity index (χ3v) is 2.85. The maximum absolute atomic E-state index is 12.7. The van der Waals surface area contributed by atoms with Gasteiger partial charge in [0.15, 0.2) is 0 Å². The molecule has 1 aromatic heterocycles. The standard InChI is InChI=1S/C15H10F6N2O2/c16-14(17,18)9-6-10(15(19,20)21)8-11(7-9)23-13(24)22-4-3-12-2-1-5-25-12/h1-8H,(H2,22,23,24). The zero-order valence-electron chi connectivity index (χ0n) is 12.2. The highest BCUT2D eigenvalue weighted by molar-refractivity contribution is 5.90. The van der Waals surface area contributed by atoms with Crippen LogP contribution in [-0.4, -0.2) is 6.03 Å². The summed E-state index contributed by atoms with van der Waals surface area (Å²) in [5, 5.41) is 4.05. The molecular weight excluding hydrogens is 354 g/mol. The smallest absolute Gasteiger partial charge is 0.416 e. The first kappa shape index (κ1) is 18.4. The molecule has 1 aromatic carbocycles. The minimum Gasteiger partial charge on any atom is -0.465 e. The van der Waals surface area contributed by atoms with Gasteiger partial charge in [-0.3, -0.25) is 0 Å². The molecule has 1 heterocycles. The number of carbonyl (C=O) groups is 1. The molecule has 0 fully saturated rings. The fourth-order valence-corrected chi connectivity index (χ4v) is 1.78. The number of urea groups is 1. The molecule has 2 amide bonds. The Balaban J connectivity index is 2.16. The highest BCUT2D eigenvalue weighted by Crippen LogP contribution is 2.37. The minimum atomic E-state index is -4.99. The lowest BCUT2D eigenvalue weighted by molar-refractivity contribution is -0.143. The van der Waals surface area contributed by atoms with Gasteiger partial charge in [-0.25, -0.2) is 4.79 Å². The SMILES string of the molecule is O=C(NC=Cc1ccco1)Nc1cc(C(F)(F)F)cc(C(F)(F)F)c1. The van der Waals surface area contributed by atoms with Crippen molar-refractivity contribution < 1.29 is 35.6 Å². The molecule has 0 saturated heterocycles. The summed E-state index contributed by atoms with van der Waals surface area (Å²) in [6.45, 7) is 0. The Morgan fingerprint density at radius 3 is 2.08 bits per heavy atom. The molecule has 0 spiro atoms. The molecule has 0 radical (unpaired) electrons. The molecule has 134 valence electrons. The van der Waals surface area contributed by atoms with Crippen LogP contribution in [-0.2, 0) is 12.4 Å². The van der Waals surface area contributed by atoms with E-state index in [9.17, 15) is 31.1 Å². The van der Waals surface area contributed by atoms with Gasteiger partial charge in [-0.05, 0) is 36.4 Å². The van der Waals surface area contributed by atoms with Gasteiger partial charge in [0.25, 0.3) is 0 Å². The van der Waals surface area contributed by atoms with Crippen LogP contribution in [0.4, 0.5) is 36.8 Å². The molecule has 25 heavy (non-hydrogen) atoms. The maximum Gasteiger partial charge on any atom is 0.416 e. The van der Waals surface area contributed by atoms with Crippen molar-refractivity contribution in [1.29, 1.82) is 0 Å². The second kappa shape index (κ2) is 6.91. The number of hydrogen-bond acceptors (Lipinski definition) is 2. The van der Waals surface area contributed by atoms with Gasteiger partial charge < -0.3 is 15.1 Å². The van der Waals surface area contributed by atoms with Gasteiger partial charge >= 0.3 is 18.4 Å². The van der Waals surface area contributed by atoms with Crippen molar-refractivity contribution in [2.75, 3.05) is 5.32 Å². The molecule has 2 aromatic rings. The van der Waals surface area contributed by atoms with Crippen LogP contribution in [0.25, 0.3) is 6.08 Å². The Labute approximate surface area is 137 Å². The Kier molecular flexibility index (Phi) is 5.10. The predicted octanol–water partition coefficient (Wildman–Crippen LogP) is 5.11. The Bertz CT molecular complexity index is 731. The topological polar surface area (TPSA) is 54.3 Å². The molecule has 0 unspecified atom stereocenters. The summed E-state index contributed by atoms with van der Waals surface area (Å²) in [7, 11) is 0. The Morgan fingerprint density at radius 2 is 1.60 bits per heavy atom. The fourth-order valence-electron chi connectivity index (χ4n) is 1.78. The summed E-state index contributed by atoms with van der Waals surface area (Å²) >= 11 is 0. The number of furan rings is 1. The highest BCUT2D eigenvalue weighted by Gasteiger charge is 2.37. The number of benzene rings is 1. The molecular formula is C15H10F6N2O2. The van der Waals surface area contributed by atoms with Gasteiger partial charge in [-0.2, -0.15) is 26.3 Å². The molecule has 0 aliphatic rings. The van der Waals surface area contributed by atoms with Crippen LogP contribution >= 0.6 is 0 Å². The van der Waals surface area contributed by atoms with Gasteiger partial charge in [-0.1, -0.05) is 0 Å².